The summed E-state index contributed by atoms with van der Waals surface area (Å²) < 4.78 is 0. The fourth-order valence-corrected chi connectivity index (χ4v) is 2.80. The van der Waals surface area contributed by atoms with Gasteiger partial charge in [-0.1, -0.05) is 13.0 Å². The monoisotopic (exact) mass is 430 g/mol. The molecule has 4 nitrogen and oxygen atoms in total. The maximum absolute atomic E-state index is 4.38. The Morgan fingerprint density at radius 2 is 2.18 bits per heavy atom. The maximum atomic E-state index is 4.38. The molecule has 1 unspecified atom stereocenters. The van der Waals surface area contributed by atoms with Crippen LogP contribution in [-0.4, -0.2) is 24.5 Å². The summed E-state index contributed by atoms with van der Waals surface area (Å²) >= 11 is 1.74. The predicted octanol–water partition coefficient (Wildman–Crippen LogP) is 3.54. The number of halogens is 1. The summed E-state index contributed by atoms with van der Waals surface area (Å²) in [5.41, 5.74) is 3.60. The van der Waals surface area contributed by atoms with Gasteiger partial charge in [0.25, 0.3) is 0 Å². The van der Waals surface area contributed by atoms with Crippen LogP contribution in [0.3, 0.4) is 0 Å². The van der Waals surface area contributed by atoms with Gasteiger partial charge in [-0.25, -0.2) is 0 Å². The van der Waals surface area contributed by atoms with Crippen LogP contribution in [0.25, 0.3) is 0 Å². The summed E-state index contributed by atoms with van der Waals surface area (Å²) in [6.07, 6.45) is 1.82. The average molecular weight is 430 g/mol. The Balaban J connectivity index is 0.00000242. The fraction of sp³-hybridized carbons (Fsp3) is 0.375. The Morgan fingerprint density at radius 1 is 1.36 bits per heavy atom. The van der Waals surface area contributed by atoms with E-state index in [0.717, 1.165) is 18.2 Å². The van der Waals surface area contributed by atoms with Crippen molar-refractivity contribution in [2.24, 2.45) is 4.99 Å². The second kappa shape index (κ2) is 9.78. The molecule has 22 heavy (non-hydrogen) atoms. The van der Waals surface area contributed by atoms with Crippen LogP contribution in [0.4, 0.5) is 0 Å². The van der Waals surface area contributed by atoms with Crippen molar-refractivity contribution < 1.29 is 0 Å². The molecule has 2 aromatic rings. The van der Waals surface area contributed by atoms with Crippen molar-refractivity contribution in [2.45, 2.75) is 26.3 Å². The van der Waals surface area contributed by atoms with E-state index in [4.69, 9.17) is 0 Å². The molecule has 2 N–H and O–H groups in total. The van der Waals surface area contributed by atoms with E-state index in [1.54, 1.807) is 18.4 Å². The van der Waals surface area contributed by atoms with Gasteiger partial charge in [0.1, 0.15) is 0 Å². The second-order valence-electron chi connectivity index (χ2n) is 5.03. The van der Waals surface area contributed by atoms with Crippen LogP contribution in [0.1, 0.15) is 29.7 Å². The standard InChI is InChI=1S/C16H22N4S.HI/c1-12-5-4-7-18-15(12)10-20-16(17-3)19-9-13(2)14-6-8-21-11-14;/h4-8,11,13H,9-10H2,1-3H3,(H2,17,19,20);1H. The number of rotatable bonds is 5. The molecule has 0 aliphatic rings. The van der Waals surface area contributed by atoms with Gasteiger partial charge >= 0.3 is 0 Å². The van der Waals surface area contributed by atoms with Gasteiger partial charge in [-0.2, -0.15) is 11.3 Å². The van der Waals surface area contributed by atoms with Crippen molar-refractivity contribution in [1.82, 2.24) is 15.6 Å². The molecule has 2 aromatic heterocycles. The first kappa shape index (κ1) is 18.9. The average Bonchev–Trinajstić information content (AvgIpc) is 3.03. The summed E-state index contributed by atoms with van der Waals surface area (Å²) in [4.78, 5) is 8.63. The van der Waals surface area contributed by atoms with Crippen molar-refractivity contribution in [1.29, 1.82) is 0 Å². The Hall–Kier alpha value is -1.15. The quantitative estimate of drug-likeness (QED) is 0.434. The van der Waals surface area contributed by atoms with Crippen molar-refractivity contribution >= 4 is 41.3 Å². The summed E-state index contributed by atoms with van der Waals surface area (Å²) in [5.74, 6) is 1.27. The third-order valence-corrected chi connectivity index (χ3v) is 4.15. The molecule has 0 radical (unpaired) electrons. The zero-order chi connectivity index (χ0) is 15.1. The van der Waals surface area contributed by atoms with Crippen LogP contribution in [-0.2, 0) is 6.54 Å². The number of hydrogen-bond acceptors (Lipinski definition) is 3. The molecule has 0 fully saturated rings. The minimum absolute atomic E-state index is 0. The molecule has 6 heteroatoms. The summed E-state index contributed by atoms with van der Waals surface area (Å²) in [6, 6.07) is 6.19. The Labute approximate surface area is 153 Å². The van der Waals surface area contributed by atoms with E-state index in [1.807, 2.05) is 12.3 Å². The highest BCUT2D eigenvalue weighted by Crippen LogP contribution is 2.16. The second-order valence-corrected chi connectivity index (χ2v) is 5.81. The number of pyridine rings is 1. The van der Waals surface area contributed by atoms with E-state index < -0.39 is 0 Å². The summed E-state index contributed by atoms with van der Waals surface area (Å²) in [6.45, 7) is 5.82. The van der Waals surface area contributed by atoms with Gasteiger partial charge in [0.05, 0.1) is 12.2 Å². The molecule has 0 saturated carbocycles. The molecular weight excluding hydrogens is 407 g/mol. The largest absolute Gasteiger partial charge is 0.356 e. The van der Waals surface area contributed by atoms with Crippen molar-refractivity contribution in [3.05, 3.63) is 52.0 Å². The van der Waals surface area contributed by atoms with Crippen LogP contribution in [0.2, 0.25) is 0 Å². The summed E-state index contributed by atoms with van der Waals surface area (Å²) in [5, 5.41) is 11.0. The number of aliphatic imine (C=N–C) groups is 1. The normalized spacial score (nSPS) is 12.4. The van der Waals surface area contributed by atoms with E-state index in [-0.39, 0.29) is 24.0 Å². The van der Waals surface area contributed by atoms with Gasteiger partial charge in [0.2, 0.25) is 0 Å². The molecule has 0 amide bonds. The molecule has 0 aromatic carbocycles. The van der Waals surface area contributed by atoms with E-state index in [2.05, 4.69) is 57.4 Å². The van der Waals surface area contributed by atoms with E-state index >= 15 is 0 Å². The van der Waals surface area contributed by atoms with Gasteiger partial charge in [0.15, 0.2) is 5.96 Å². The molecule has 1 atom stereocenters. The molecule has 0 saturated heterocycles. The smallest absolute Gasteiger partial charge is 0.191 e. The van der Waals surface area contributed by atoms with Crippen LogP contribution in [0, 0.1) is 6.92 Å². The van der Waals surface area contributed by atoms with Gasteiger partial charge in [0, 0.05) is 19.8 Å². The zero-order valence-corrected chi connectivity index (χ0v) is 16.3. The van der Waals surface area contributed by atoms with Crippen LogP contribution >= 0.6 is 35.3 Å². The third kappa shape index (κ3) is 5.57. The minimum atomic E-state index is 0. The maximum Gasteiger partial charge on any atom is 0.191 e. The highest BCUT2D eigenvalue weighted by atomic mass is 127. The number of hydrogen-bond donors (Lipinski definition) is 2. The Kier molecular flexibility index (Phi) is 8.40. The highest BCUT2D eigenvalue weighted by molar-refractivity contribution is 14.0. The molecule has 0 bridgehead atoms. The molecular formula is C16H23IN4S. The van der Waals surface area contributed by atoms with Gasteiger partial charge in [-0.3, -0.25) is 9.98 Å². The lowest BCUT2D eigenvalue weighted by Crippen LogP contribution is -2.38. The predicted molar refractivity (Wildman–Crippen MR) is 105 cm³/mol. The lowest BCUT2D eigenvalue weighted by atomic mass is 10.1. The first-order valence-corrected chi connectivity index (χ1v) is 8.02. The Morgan fingerprint density at radius 3 is 2.82 bits per heavy atom. The molecule has 120 valence electrons. The highest BCUT2D eigenvalue weighted by Gasteiger charge is 2.07. The van der Waals surface area contributed by atoms with Gasteiger partial charge < -0.3 is 10.6 Å². The lowest BCUT2D eigenvalue weighted by molar-refractivity contribution is 0.698. The number of guanidine groups is 1. The van der Waals surface area contributed by atoms with Gasteiger partial charge in [-0.05, 0) is 46.9 Å². The van der Waals surface area contributed by atoms with Crippen LogP contribution in [0.15, 0.2) is 40.1 Å². The zero-order valence-electron chi connectivity index (χ0n) is 13.2. The van der Waals surface area contributed by atoms with E-state index in [9.17, 15) is 0 Å². The first-order valence-electron chi connectivity index (χ1n) is 7.07. The number of nitrogens with zero attached hydrogens (tertiary/aromatic N) is 2. The number of thiophene rings is 1. The number of aryl methyl sites for hydroxylation is 1. The lowest BCUT2D eigenvalue weighted by Gasteiger charge is -2.15. The van der Waals surface area contributed by atoms with Crippen molar-refractivity contribution in [2.75, 3.05) is 13.6 Å². The fourth-order valence-electron chi connectivity index (χ4n) is 2.01. The van der Waals surface area contributed by atoms with E-state index in [1.165, 1.54) is 11.1 Å². The van der Waals surface area contributed by atoms with E-state index in [0.29, 0.717) is 12.5 Å². The van der Waals surface area contributed by atoms with Crippen molar-refractivity contribution in [3.63, 3.8) is 0 Å². The Bertz CT molecular complexity index is 584. The topological polar surface area (TPSA) is 49.3 Å². The number of nitrogens with one attached hydrogen (secondary N) is 2. The van der Waals surface area contributed by atoms with Crippen LogP contribution in [0.5, 0.6) is 0 Å². The number of aromatic nitrogens is 1. The van der Waals surface area contributed by atoms with Crippen molar-refractivity contribution in [3.8, 4) is 0 Å². The molecule has 0 aliphatic heterocycles. The van der Waals surface area contributed by atoms with Crippen LogP contribution < -0.4 is 10.6 Å². The molecule has 0 aliphatic carbocycles. The SMILES string of the molecule is CN=C(NCc1ncccc1C)NCC(C)c1ccsc1.I. The summed E-state index contributed by atoms with van der Waals surface area (Å²) in [7, 11) is 1.79. The van der Waals surface area contributed by atoms with Gasteiger partial charge in [-0.15, -0.1) is 24.0 Å². The molecule has 2 rings (SSSR count). The first-order chi connectivity index (χ1) is 10.2. The molecule has 2 heterocycles. The third-order valence-electron chi connectivity index (χ3n) is 3.45. The minimum Gasteiger partial charge on any atom is -0.356 e. The molecule has 0 spiro atoms.